The first-order valence-corrected chi connectivity index (χ1v) is 27.4. The molecule has 6 aromatic rings. The van der Waals surface area contributed by atoms with Crippen molar-refractivity contribution in [1.29, 1.82) is 0 Å². The summed E-state index contributed by atoms with van der Waals surface area (Å²) in [5.41, 5.74) is 4.64. The van der Waals surface area contributed by atoms with Crippen LogP contribution >= 0.6 is 45.9 Å². The van der Waals surface area contributed by atoms with Gasteiger partial charge in [0.25, 0.3) is 0 Å². The van der Waals surface area contributed by atoms with E-state index in [1.165, 1.54) is 47.7 Å². The summed E-state index contributed by atoms with van der Waals surface area (Å²) in [6.07, 6.45) is 8.58. The lowest BCUT2D eigenvalue weighted by molar-refractivity contribution is 0.100. The zero-order chi connectivity index (χ0) is 50.3. The molecule has 2 aliphatic rings. The third-order valence-corrected chi connectivity index (χ3v) is 15.9. The van der Waals surface area contributed by atoms with Crippen LogP contribution in [0.1, 0.15) is 95.1 Å². The summed E-state index contributed by atoms with van der Waals surface area (Å²) in [5.74, 6) is 0.345. The average molecular weight is 1070 g/mol. The Morgan fingerprint density at radius 3 is 1.60 bits per heavy atom. The van der Waals surface area contributed by atoms with Gasteiger partial charge in [0, 0.05) is 63.0 Å². The molecule has 2 fully saturated rings. The van der Waals surface area contributed by atoms with Crippen LogP contribution in [0.4, 0.5) is 11.6 Å². The third-order valence-electron chi connectivity index (χ3n) is 12.1. The predicted molar refractivity (Wildman–Crippen MR) is 271 cm³/mol. The van der Waals surface area contributed by atoms with Crippen molar-refractivity contribution in [2.45, 2.75) is 77.5 Å². The van der Waals surface area contributed by atoms with E-state index in [0.29, 0.717) is 74.7 Å². The minimum absolute atomic E-state index is 0.0170. The van der Waals surface area contributed by atoms with Gasteiger partial charge in [-0.25, -0.2) is 30.2 Å². The standard InChI is InChI=1S/C24H27ClN4O4S2.C23H25ClN4O5S2/c1-14-6-19(10-17(14)12-33-35(26,31)32)29-24-21(11-27-13-28-24)22(30)23-15(2)7-20(34-23)9-16-4-3-5-18(25)8-16;1-13-5-18(7-14-3-2-4-16(24)6-14)34-22(13)21(30)19-10-26-12-27-23(19)28-17-8-15(20(29)9-17)11-33-35(25,31)32/h3-5,7-8,11,13-14,17,19H,6,9-10,12H2,1-2H3,(H2,26,31,32)(H,27,28,29);2-6,10,12,15,17,20,29H,7-9,11H2,1H3,(H2,25,31,32)(H,26,27,28)/t14-,17+,19-;15-,17-,20+/m01/s1. The van der Waals surface area contributed by atoms with E-state index in [9.17, 15) is 31.5 Å². The molecular weight excluding hydrogens is 1020 g/mol. The van der Waals surface area contributed by atoms with Gasteiger partial charge in [0.15, 0.2) is 0 Å². The number of nitrogens with zero attached hydrogens (tertiary/aromatic N) is 4. The van der Waals surface area contributed by atoms with E-state index in [1.54, 1.807) is 0 Å². The number of carbonyl (C=O) groups excluding carboxylic acids is 2. The molecule has 0 aliphatic heterocycles. The van der Waals surface area contributed by atoms with Crippen LogP contribution in [0, 0.1) is 31.6 Å². The Kier molecular flexibility index (Phi) is 17.6. The highest BCUT2D eigenvalue weighted by molar-refractivity contribution is 7.84. The number of rotatable bonds is 18. The molecule has 0 spiro atoms. The van der Waals surface area contributed by atoms with E-state index in [0.717, 1.165) is 38.4 Å². The van der Waals surface area contributed by atoms with Crippen molar-refractivity contribution in [2.24, 2.45) is 28.0 Å². The Balaban J connectivity index is 0.000000206. The maximum atomic E-state index is 13.5. The summed E-state index contributed by atoms with van der Waals surface area (Å²) >= 11 is 15.1. The second-order valence-corrected chi connectivity index (χ2v) is 23.1. The molecule has 7 N–H and O–H groups in total. The maximum absolute atomic E-state index is 13.5. The van der Waals surface area contributed by atoms with E-state index < -0.39 is 32.6 Å². The average Bonchev–Trinajstić information content (AvgIpc) is 4.05. The van der Waals surface area contributed by atoms with Crippen LogP contribution < -0.4 is 20.9 Å². The van der Waals surface area contributed by atoms with E-state index in [-0.39, 0.29) is 48.7 Å². The first-order valence-electron chi connectivity index (χ1n) is 22.1. The number of ketones is 2. The Morgan fingerprint density at radius 2 is 1.14 bits per heavy atom. The van der Waals surface area contributed by atoms with Crippen LogP contribution in [0.3, 0.4) is 0 Å². The Hall–Kier alpha value is -4.78. The van der Waals surface area contributed by atoms with Gasteiger partial charge in [0.05, 0.1) is 40.2 Å². The molecule has 4 aromatic heterocycles. The number of nitrogens with two attached hydrogens (primary N) is 2. The van der Waals surface area contributed by atoms with Crippen LogP contribution in [-0.2, 0) is 41.8 Å². The zero-order valence-corrected chi connectivity index (χ0v) is 43.0. The molecule has 372 valence electrons. The molecule has 0 unspecified atom stereocenters. The Morgan fingerprint density at radius 1 is 0.700 bits per heavy atom. The summed E-state index contributed by atoms with van der Waals surface area (Å²) < 4.78 is 53.9. The summed E-state index contributed by atoms with van der Waals surface area (Å²) in [7, 11) is -8.06. The van der Waals surface area contributed by atoms with Gasteiger partial charge in [-0.15, -0.1) is 22.7 Å². The number of hydrogen-bond donors (Lipinski definition) is 5. The summed E-state index contributed by atoms with van der Waals surface area (Å²) in [5, 5.41) is 28.1. The first-order chi connectivity index (χ1) is 33.2. The molecule has 23 heteroatoms. The second-order valence-electron chi connectivity index (χ2n) is 17.5. The molecule has 0 amide bonds. The Bertz CT molecular complexity index is 2860. The topological polar surface area (TPSA) is 269 Å². The molecule has 2 aliphatic carbocycles. The number of anilines is 2. The number of aryl methyl sites for hydroxylation is 2. The molecule has 4 heterocycles. The molecule has 2 saturated carbocycles. The molecule has 8 rings (SSSR count). The monoisotopic (exact) mass is 1070 g/mol. The van der Waals surface area contributed by atoms with Crippen LogP contribution in [0.25, 0.3) is 0 Å². The highest BCUT2D eigenvalue weighted by Gasteiger charge is 2.36. The quantitative estimate of drug-likeness (QED) is 0.0523. The van der Waals surface area contributed by atoms with Crippen molar-refractivity contribution in [3.63, 3.8) is 0 Å². The van der Waals surface area contributed by atoms with Gasteiger partial charge in [-0.1, -0.05) is 54.4 Å². The van der Waals surface area contributed by atoms with Gasteiger partial charge in [0.2, 0.25) is 11.6 Å². The van der Waals surface area contributed by atoms with Crippen LogP contribution in [0.5, 0.6) is 0 Å². The minimum atomic E-state index is -4.09. The fourth-order valence-electron chi connectivity index (χ4n) is 8.72. The van der Waals surface area contributed by atoms with Gasteiger partial charge in [-0.2, -0.15) is 16.8 Å². The van der Waals surface area contributed by atoms with Crippen LogP contribution in [0.2, 0.25) is 10.0 Å². The van der Waals surface area contributed by atoms with Crippen LogP contribution in [-0.4, -0.2) is 84.8 Å². The normalized spacial score (nSPS) is 20.2. The number of nitrogens with one attached hydrogen (secondary N) is 2. The molecule has 0 bridgehead atoms. The van der Waals surface area contributed by atoms with Crippen molar-refractivity contribution in [2.75, 3.05) is 23.8 Å². The minimum Gasteiger partial charge on any atom is -0.393 e. The van der Waals surface area contributed by atoms with Crippen LogP contribution in [0.15, 0.2) is 85.7 Å². The highest BCUT2D eigenvalue weighted by Crippen LogP contribution is 2.36. The summed E-state index contributed by atoms with van der Waals surface area (Å²) in [6, 6.07) is 19.1. The highest BCUT2D eigenvalue weighted by atomic mass is 35.5. The first kappa shape index (κ1) is 53.0. The molecular formula is C47H52Cl2N8O9S4. The Labute approximate surface area is 424 Å². The molecule has 0 radical (unpaired) electrons. The fourth-order valence-corrected chi connectivity index (χ4v) is 12.2. The molecule has 70 heavy (non-hydrogen) atoms. The van der Waals surface area contributed by atoms with Gasteiger partial charge in [0.1, 0.15) is 24.3 Å². The smallest absolute Gasteiger partial charge is 0.333 e. The maximum Gasteiger partial charge on any atom is 0.333 e. The van der Waals surface area contributed by atoms with Gasteiger partial charge in [-0.3, -0.25) is 18.0 Å². The van der Waals surface area contributed by atoms with Crippen molar-refractivity contribution in [1.82, 2.24) is 19.9 Å². The number of aliphatic hydroxyl groups is 1. The molecule has 2 aromatic carbocycles. The third kappa shape index (κ3) is 14.7. The number of carbonyl (C=O) groups is 2. The van der Waals surface area contributed by atoms with Crippen molar-refractivity contribution in [3.8, 4) is 0 Å². The van der Waals surface area contributed by atoms with Crippen molar-refractivity contribution >= 4 is 89.7 Å². The molecule has 0 saturated heterocycles. The lowest BCUT2D eigenvalue weighted by atomic mass is 10.00. The number of thiophene rings is 2. The number of aromatic nitrogens is 4. The van der Waals surface area contributed by atoms with Gasteiger partial charge >= 0.3 is 20.6 Å². The van der Waals surface area contributed by atoms with E-state index >= 15 is 0 Å². The SMILES string of the molecule is Cc1cc(Cc2cccc(Cl)c2)sc1C(=O)c1cncnc1N[C@@H]1C[C@H](COS(N)(=O)=O)[C@@H](C)C1.Cc1cc(Cc2cccc(Cl)c2)sc1C(=O)c1cncnc1N[C@@H]1C[C@H](COS(N)(=O)=O)[C@@H](O)C1. The molecule has 17 nitrogen and oxygen atoms in total. The number of halogens is 2. The van der Waals surface area contributed by atoms with Gasteiger partial charge < -0.3 is 15.7 Å². The van der Waals surface area contributed by atoms with E-state index in [1.807, 2.05) is 81.4 Å². The number of benzene rings is 2. The zero-order valence-electron chi connectivity index (χ0n) is 38.2. The van der Waals surface area contributed by atoms with Gasteiger partial charge in [-0.05, 0) is 110 Å². The summed E-state index contributed by atoms with van der Waals surface area (Å²) in [6.45, 7) is 5.69. The molecule has 6 atom stereocenters. The lowest BCUT2D eigenvalue weighted by Crippen LogP contribution is -2.24. The number of hydrogen-bond acceptors (Lipinski definition) is 17. The lowest BCUT2D eigenvalue weighted by Gasteiger charge is -2.16. The van der Waals surface area contributed by atoms with E-state index in [2.05, 4.69) is 34.8 Å². The largest absolute Gasteiger partial charge is 0.393 e. The van der Waals surface area contributed by atoms with E-state index in [4.69, 9.17) is 37.7 Å². The van der Waals surface area contributed by atoms with Crippen molar-refractivity contribution < 1.29 is 39.9 Å². The van der Waals surface area contributed by atoms with Crippen molar-refractivity contribution in [3.05, 3.63) is 149 Å². The second kappa shape index (κ2) is 23.2. The predicted octanol–water partition coefficient (Wildman–Crippen LogP) is 7.46. The fraction of sp³-hybridized carbons (Fsp3) is 0.362. The number of aliphatic hydroxyl groups excluding tert-OH is 1. The summed E-state index contributed by atoms with van der Waals surface area (Å²) in [4.78, 5) is 47.0.